The van der Waals surface area contributed by atoms with E-state index in [-0.39, 0.29) is 0 Å². The lowest BCUT2D eigenvalue weighted by molar-refractivity contribution is 0.319. The zero-order valence-electron chi connectivity index (χ0n) is 15.1. The molecule has 1 aliphatic rings. The first-order valence-corrected chi connectivity index (χ1v) is 9.21. The second kappa shape index (κ2) is 9.44. The summed E-state index contributed by atoms with van der Waals surface area (Å²) >= 11 is 0. The van der Waals surface area contributed by atoms with Crippen LogP contribution in [0.4, 0.5) is 0 Å². The predicted octanol–water partition coefficient (Wildman–Crippen LogP) is 3.27. The fourth-order valence-corrected chi connectivity index (χ4v) is 2.75. The summed E-state index contributed by atoms with van der Waals surface area (Å²) in [6.45, 7) is 3.91. The summed E-state index contributed by atoms with van der Waals surface area (Å²) in [4.78, 5) is 11.3. The minimum Gasteiger partial charge on any atom is -0.311 e. The molecule has 1 N–H and O–H groups in total. The van der Waals surface area contributed by atoms with E-state index in [2.05, 4.69) is 63.6 Å². The van der Waals surface area contributed by atoms with Gasteiger partial charge in [-0.2, -0.15) is 0 Å². The third kappa shape index (κ3) is 6.77. The quantitative estimate of drug-likeness (QED) is 0.535. The van der Waals surface area contributed by atoms with Crippen molar-refractivity contribution < 1.29 is 0 Å². The molecule has 4 heteroatoms. The Labute approximate surface area is 151 Å². The van der Waals surface area contributed by atoms with Gasteiger partial charge in [0, 0.05) is 25.5 Å². The molecule has 1 heterocycles. The van der Waals surface area contributed by atoms with Crippen LogP contribution in [0, 0.1) is 0 Å². The van der Waals surface area contributed by atoms with Gasteiger partial charge in [-0.15, -0.1) is 0 Å². The molecule has 3 rings (SSSR count). The molecule has 2 aromatic rings. The van der Waals surface area contributed by atoms with Gasteiger partial charge in [-0.05, 0) is 62.7 Å². The lowest BCUT2D eigenvalue weighted by Crippen LogP contribution is -2.24. The van der Waals surface area contributed by atoms with Crippen molar-refractivity contribution in [2.45, 2.75) is 38.4 Å². The summed E-state index contributed by atoms with van der Waals surface area (Å²) in [5, 5.41) is 3.49. The molecule has 1 saturated carbocycles. The molecule has 132 valence electrons. The number of benzene rings is 1. The minimum absolute atomic E-state index is 0.572. The fraction of sp³-hybridized carbons (Fsp3) is 0.429. The number of hydrogen-bond donors (Lipinski definition) is 1. The van der Waals surface area contributed by atoms with Crippen LogP contribution in [0.5, 0.6) is 0 Å². The highest BCUT2D eigenvalue weighted by molar-refractivity contribution is 5.79. The van der Waals surface area contributed by atoms with Gasteiger partial charge in [-0.25, -0.2) is 0 Å². The first-order chi connectivity index (χ1) is 12.3. The number of aromatic nitrogens is 1. The Morgan fingerprint density at radius 1 is 1.24 bits per heavy atom. The van der Waals surface area contributed by atoms with Crippen molar-refractivity contribution in [2.24, 2.45) is 4.99 Å². The molecule has 1 aromatic carbocycles. The normalized spacial score (nSPS) is 14.5. The third-order valence-electron chi connectivity index (χ3n) is 4.32. The van der Waals surface area contributed by atoms with Crippen LogP contribution < -0.4 is 5.32 Å². The lowest BCUT2D eigenvalue weighted by Gasteiger charge is -2.16. The summed E-state index contributed by atoms with van der Waals surface area (Å²) in [5.74, 6) is 0. The third-order valence-corrected chi connectivity index (χ3v) is 4.32. The van der Waals surface area contributed by atoms with Crippen molar-refractivity contribution in [3.05, 3.63) is 65.5 Å². The van der Waals surface area contributed by atoms with Gasteiger partial charge in [-0.1, -0.05) is 30.3 Å². The number of nitrogens with zero attached hydrogens (tertiary/aromatic N) is 3. The van der Waals surface area contributed by atoms with Crippen LogP contribution in [-0.4, -0.2) is 42.3 Å². The molecular formula is C21H28N4. The zero-order valence-corrected chi connectivity index (χ0v) is 15.1. The van der Waals surface area contributed by atoms with Gasteiger partial charge < -0.3 is 10.2 Å². The number of pyridine rings is 1. The smallest absolute Gasteiger partial charge is 0.0548 e. The lowest BCUT2D eigenvalue weighted by atomic mass is 10.2. The van der Waals surface area contributed by atoms with Crippen molar-refractivity contribution in [3.63, 3.8) is 0 Å². The second-order valence-electron chi connectivity index (χ2n) is 6.84. The Morgan fingerprint density at radius 2 is 2.08 bits per heavy atom. The monoisotopic (exact) mass is 336 g/mol. The Morgan fingerprint density at radius 3 is 2.88 bits per heavy atom. The highest BCUT2D eigenvalue weighted by atomic mass is 15.1. The van der Waals surface area contributed by atoms with E-state index in [4.69, 9.17) is 0 Å². The van der Waals surface area contributed by atoms with Crippen LogP contribution in [0.3, 0.4) is 0 Å². The average Bonchev–Trinajstić information content (AvgIpc) is 3.45. The fourth-order valence-electron chi connectivity index (χ4n) is 2.75. The highest BCUT2D eigenvalue weighted by Gasteiger charge is 2.18. The second-order valence-corrected chi connectivity index (χ2v) is 6.84. The van der Waals surface area contributed by atoms with Crippen molar-refractivity contribution >= 4 is 6.21 Å². The number of rotatable bonds is 10. The van der Waals surface area contributed by atoms with Gasteiger partial charge in [0.2, 0.25) is 0 Å². The molecule has 0 bridgehead atoms. The van der Waals surface area contributed by atoms with E-state index in [1.807, 2.05) is 18.5 Å². The molecule has 0 unspecified atom stereocenters. The van der Waals surface area contributed by atoms with Crippen molar-refractivity contribution in [3.8, 4) is 0 Å². The summed E-state index contributed by atoms with van der Waals surface area (Å²) in [5.41, 5.74) is 3.60. The first-order valence-electron chi connectivity index (χ1n) is 9.21. The molecule has 1 aromatic heterocycles. The van der Waals surface area contributed by atoms with Crippen LogP contribution in [-0.2, 0) is 13.1 Å². The maximum absolute atomic E-state index is 4.53. The van der Waals surface area contributed by atoms with E-state index in [1.54, 1.807) is 0 Å². The largest absolute Gasteiger partial charge is 0.311 e. The molecule has 0 aliphatic heterocycles. The Hall–Kier alpha value is -2.04. The van der Waals surface area contributed by atoms with Gasteiger partial charge in [0.15, 0.2) is 0 Å². The van der Waals surface area contributed by atoms with Crippen LogP contribution >= 0.6 is 0 Å². The van der Waals surface area contributed by atoms with Crippen molar-refractivity contribution in [1.29, 1.82) is 0 Å². The number of aliphatic imine (C=N–C) groups is 1. The van der Waals surface area contributed by atoms with Crippen molar-refractivity contribution in [1.82, 2.24) is 15.2 Å². The van der Waals surface area contributed by atoms with Crippen LogP contribution in [0.1, 0.15) is 36.1 Å². The van der Waals surface area contributed by atoms with Crippen LogP contribution in [0.2, 0.25) is 0 Å². The van der Waals surface area contributed by atoms with Gasteiger partial charge in [0.25, 0.3) is 0 Å². The Kier molecular flexibility index (Phi) is 6.71. The van der Waals surface area contributed by atoms with Gasteiger partial charge >= 0.3 is 0 Å². The van der Waals surface area contributed by atoms with Gasteiger partial charge in [0.05, 0.1) is 11.7 Å². The zero-order chi connectivity index (χ0) is 17.3. The summed E-state index contributed by atoms with van der Waals surface area (Å²) in [6, 6.07) is 15.3. The number of hydrogen-bond acceptors (Lipinski definition) is 4. The van der Waals surface area contributed by atoms with Crippen LogP contribution in [0.25, 0.3) is 0 Å². The van der Waals surface area contributed by atoms with E-state index in [0.29, 0.717) is 6.04 Å². The molecule has 0 amide bonds. The van der Waals surface area contributed by atoms with Gasteiger partial charge in [-0.3, -0.25) is 9.98 Å². The van der Waals surface area contributed by atoms with E-state index in [0.717, 1.165) is 43.9 Å². The molecule has 4 nitrogen and oxygen atoms in total. The maximum Gasteiger partial charge on any atom is 0.0548 e. The SMILES string of the molecule is CN(CCCNCc1cc(/C=N/C2CC2)ccn1)Cc1ccccc1. The van der Waals surface area contributed by atoms with E-state index in [1.165, 1.54) is 18.4 Å². The molecule has 0 saturated heterocycles. The molecule has 0 radical (unpaired) electrons. The number of nitrogens with one attached hydrogen (secondary N) is 1. The topological polar surface area (TPSA) is 40.5 Å². The Bertz CT molecular complexity index is 665. The molecule has 0 atom stereocenters. The van der Waals surface area contributed by atoms with Gasteiger partial charge in [0.1, 0.15) is 0 Å². The van der Waals surface area contributed by atoms with E-state index < -0.39 is 0 Å². The maximum atomic E-state index is 4.53. The average molecular weight is 336 g/mol. The molecule has 25 heavy (non-hydrogen) atoms. The van der Waals surface area contributed by atoms with Crippen molar-refractivity contribution in [2.75, 3.05) is 20.1 Å². The first kappa shape index (κ1) is 17.8. The van der Waals surface area contributed by atoms with E-state index >= 15 is 0 Å². The summed E-state index contributed by atoms with van der Waals surface area (Å²) < 4.78 is 0. The summed E-state index contributed by atoms with van der Waals surface area (Å²) in [6.07, 6.45) is 7.48. The predicted molar refractivity (Wildman–Crippen MR) is 104 cm³/mol. The molecular weight excluding hydrogens is 308 g/mol. The minimum atomic E-state index is 0.572. The standard InChI is InChI=1S/C21H28N4/c1-25(17-18-6-3-2-4-7-18)13-5-11-22-16-21-14-19(10-12-23-21)15-24-20-8-9-20/h2-4,6-7,10,12,14-15,20,22H,5,8-9,11,13,16-17H2,1H3/b24-15+. The van der Waals surface area contributed by atoms with E-state index in [9.17, 15) is 0 Å². The molecule has 0 spiro atoms. The summed E-state index contributed by atoms with van der Waals surface area (Å²) in [7, 11) is 2.18. The Balaban J connectivity index is 1.32. The molecule has 1 aliphatic carbocycles. The highest BCUT2D eigenvalue weighted by Crippen LogP contribution is 2.23. The molecule has 1 fully saturated rings. The van der Waals surface area contributed by atoms with Crippen LogP contribution in [0.15, 0.2) is 53.7 Å².